The van der Waals surface area contributed by atoms with Gasteiger partial charge in [-0.25, -0.2) is 18.2 Å². The van der Waals surface area contributed by atoms with Crippen molar-refractivity contribution in [3.8, 4) is 5.75 Å². The molecule has 32 heavy (non-hydrogen) atoms. The molecule has 0 aliphatic carbocycles. The Morgan fingerprint density at radius 3 is 2.66 bits per heavy atom. The van der Waals surface area contributed by atoms with Crippen molar-refractivity contribution in [1.29, 1.82) is 0 Å². The first-order chi connectivity index (χ1) is 15.1. The lowest BCUT2D eigenvalue weighted by molar-refractivity contribution is -0.137. The largest absolute Gasteiger partial charge is 0.487 e. The zero-order valence-corrected chi connectivity index (χ0v) is 18.3. The van der Waals surface area contributed by atoms with E-state index in [1.54, 1.807) is 23.3 Å². The third kappa shape index (κ3) is 4.28. The molecule has 2 aromatic carbocycles. The van der Waals surface area contributed by atoms with Gasteiger partial charge in [-0.05, 0) is 31.2 Å². The molecule has 0 amide bonds. The number of alkyl halides is 3. The Hall–Kier alpha value is -3.10. The predicted molar refractivity (Wildman–Crippen MR) is 114 cm³/mol. The molecule has 0 bridgehead atoms. The fourth-order valence-electron chi connectivity index (χ4n) is 3.43. The van der Waals surface area contributed by atoms with Gasteiger partial charge in [0.15, 0.2) is 9.84 Å². The number of aromatic nitrogens is 1. The van der Waals surface area contributed by atoms with Crippen molar-refractivity contribution in [1.82, 2.24) is 4.98 Å². The number of sulfone groups is 1. The number of fused-ring (bicyclic) bond motifs is 1. The van der Waals surface area contributed by atoms with Gasteiger partial charge in [0.1, 0.15) is 22.6 Å². The Labute approximate surface area is 186 Å². The third-order valence-corrected chi connectivity index (χ3v) is 7.45. The summed E-state index contributed by atoms with van der Waals surface area (Å²) >= 11 is 1.24. The lowest BCUT2D eigenvalue weighted by atomic mass is 10.1. The minimum absolute atomic E-state index is 0.0540. The van der Waals surface area contributed by atoms with Gasteiger partial charge in [-0.15, -0.1) is 11.3 Å². The molecule has 1 aliphatic heterocycles. The molecule has 1 aliphatic rings. The molecule has 2 heterocycles. The fourth-order valence-corrected chi connectivity index (χ4v) is 5.70. The number of ether oxygens (including phenoxy) is 1. The number of thiazole rings is 1. The number of hydrogen-bond donors (Lipinski definition) is 0. The van der Waals surface area contributed by atoms with Crippen LogP contribution in [0.3, 0.4) is 0 Å². The highest BCUT2D eigenvalue weighted by molar-refractivity contribution is 7.90. The van der Waals surface area contributed by atoms with Crippen LogP contribution in [0.4, 0.5) is 30.2 Å². The van der Waals surface area contributed by atoms with Gasteiger partial charge in [0, 0.05) is 28.9 Å². The molecule has 1 unspecified atom stereocenters. The van der Waals surface area contributed by atoms with Crippen molar-refractivity contribution in [3.63, 3.8) is 0 Å². The molecule has 0 fully saturated rings. The van der Waals surface area contributed by atoms with Gasteiger partial charge in [-0.2, -0.15) is 13.2 Å². The standard InChI is InChI=1S/C21H16F3N3O3S2/c1-13-11-27(17-5-3-14(21(22,23)24)9-16(17)25-2)18-6-4-15(10-19(18)30-13)32(28,29)12-20-26-7-8-31-20/h3-10,13H,11-12H2,1H3. The number of benzene rings is 2. The van der Waals surface area contributed by atoms with Crippen LogP contribution < -0.4 is 9.64 Å². The van der Waals surface area contributed by atoms with Crippen molar-refractivity contribution in [2.75, 3.05) is 11.4 Å². The Bertz CT molecular complexity index is 1300. The average Bonchev–Trinajstić information content (AvgIpc) is 3.23. The molecule has 11 heteroatoms. The van der Waals surface area contributed by atoms with Crippen LogP contribution in [-0.4, -0.2) is 26.1 Å². The normalized spacial score (nSPS) is 16.2. The van der Waals surface area contributed by atoms with Crippen molar-refractivity contribution in [2.45, 2.75) is 29.9 Å². The molecule has 0 saturated carbocycles. The number of nitrogens with zero attached hydrogens (tertiary/aromatic N) is 3. The maximum Gasteiger partial charge on any atom is 0.415 e. The highest BCUT2D eigenvalue weighted by Gasteiger charge is 2.33. The van der Waals surface area contributed by atoms with E-state index in [0.717, 1.165) is 12.1 Å². The van der Waals surface area contributed by atoms with Crippen LogP contribution in [0.2, 0.25) is 0 Å². The Morgan fingerprint density at radius 1 is 1.25 bits per heavy atom. The van der Waals surface area contributed by atoms with E-state index in [1.807, 2.05) is 0 Å². The molecule has 0 spiro atoms. The van der Waals surface area contributed by atoms with E-state index in [9.17, 15) is 21.6 Å². The van der Waals surface area contributed by atoms with E-state index in [1.165, 1.54) is 35.7 Å². The summed E-state index contributed by atoms with van der Waals surface area (Å²) in [6.07, 6.45) is -3.42. The zero-order valence-electron chi connectivity index (χ0n) is 16.6. The van der Waals surface area contributed by atoms with Crippen LogP contribution in [0.1, 0.15) is 17.5 Å². The van der Waals surface area contributed by atoms with Crippen LogP contribution in [0.25, 0.3) is 4.85 Å². The van der Waals surface area contributed by atoms with Gasteiger partial charge in [-0.3, -0.25) is 0 Å². The SMILES string of the molecule is [C-]#[N+]c1cc(C(F)(F)F)ccc1N1CC(C)Oc2cc(S(=O)(=O)Cc3nccs3)ccc21. The summed E-state index contributed by atoms with van der Waals surface area (Å²) in [5.74, 6) is 0.0311. The lowest BCUT2D eigenvalue weighted by Gasteiger charge is -2.36. The average molecular weight is 480 g/mol. The molecule has 1 atom stereocenters. The monoisotopic (exact) mass is 479 g/mol. The second kappa shape index (κ2) is 8.11. The maximum absolute atomic E-state index is 13.1. The van der Waals surface area contributed by atoms with Gasteiger partial charge in [0.05, 0.1) is 23.7 Å². The molecular weight excluding hydrogens is 463 g/mol. The first-order valence-corrected chi connectivity index (χ1v) is 11.9. The van der Waals surface area contributed by atoms with Gasteiger partial charge in [-0.1, -0.05) is 6.07 Å². The fraction of sp³-hybridized carbons (Fsp3) is 0.238. The van der Waals surface area contributed by atoms with E-state index in [4.69, 9.17) is 11.3 Å². The smallest absolute Gasteiger partial charge is 0.415 e. The van der Waals surface area contributed by atoms with E-state index in [2.05, 4.69) is 9.83 Å². The number of anilines is 2. The minimum atomic E-state index is -4.56. The molecule has 166 valence electrons. The van der Waals surface area contributed by atoms with E-state index in [-0.39, 0.29) is 34.7 Å². The molecule has 0 N–H and O–H groups in total. The predicted octanol–water partition coefficient (Wildman–Crippen LogP) is 5.61. The minimum Gasteiger partial charge on any atom is -0.487 e. The molecule has 4 rings (SSSR count). The Balaban J connectivity index is 1.74. The van der Waals surface area contributed by atoms with Crippen LogP contribution in [0.15, 0.2) is 52.9 Å². The number of halogens is 3. The highest BCUT2D eigenvalue weighted by atomic mass is 32.2. The van der Waals surface area contributed by atoms with Crippen molar-refractivity contribution < 1.29 is 26.3 Å². The summed E-state index contributed by atoms with van der Waals surface area (Å²) in [4.78, 5) is 9.02. The third-order valence-electron chi connectivity index (χ3n) is 4.86. The van der Waals surface area contributed by atoms with Crippen molar-refractivity contribution >= 4 is 38.2 Å². The quantitative estimate of drug-likeness (QED) is 0.456. The van der Waals surface area contributed by atoms with Crippen LogP contribution >= 0.6 is 11.3 Å². The molecule has 0 radical (unpaired) electrons. The summed E-state index contributed by atoms with van der Waals surface area (Å²) in [5, 5.41) is 2.16. The topological polar surface area (TPSA) is 63.9 Å². The molecule has 6 nitrogen and oxygen atoms in total. The molecule has 3 aromatic rings. The van der Waals surface area contributed by atoms with E-state index >= 15 is 0 Å². The summed E-state index contributed by atoms with van der Waals surface area (Å²) in [5.41, 5.74) is -0.290. The highest BCUT2D eigenvalue weighted by Crippen LogP contribution is 2.44. The summed E-state index contributed by atoms with van der Waals surface area (Å²) in [6, 6.07) is 7.37. The molecular formula is C21H16F3N3O3S2. The summed E-state index contributed by atoms with van der Waals surface area (Å²) in [6.45, 7) is 9.41. The summed E-state index contributed by atoms with van der Waals surface area (Å²) in [7, 11) is -3.68. The van der Waals surface area contributed by atoms with Crippen molar-refractivity contribution in [3.05, 3.63) is 70.0 Å². The number of hydrogen-bond acceptors (Lipinski definition) is 6. The summed E-state index contributed by atoms with van der Waals surface area (Å²) < 4.78 is 70.7. The molecule has 1 aromatic heterocycles. The Morgan fingerprint density at radius 2 is 2.00 bits per heavy atom. The lowest BCUT2D eigenvalue weighted by Crippen LogP contribution is -2.35. The van der Waals surface area contributed by atoms with Gasteiger partial charge < -0.3 is 9.64 Å². The van der Waals surface area contributed by atoms with Gasteiger partial charge in [0.2, 0.25) is 5.69 Å². The van der Waals surface area contributed by atoms with E-state index < -0.39 is 21.6 Å². The Kier molecular flexibility index (Phi) is 5.60. The number of rotatable bonds is 4. The van der Waals surface area contributed by atoms with Crippen LogP contribution in [0.5, 0.6) is 5.75 Å². The second-order valence-corrected chi connectivity index (χ2v) is 10.1. The van der Waals surface area contributed by atoms with Crippen molar-refractivity contribution in [2.24, 2.45) is 0 Å². The molecule has 0 saturated heterocycles. The van der Waals surface area contributed by atoms with E-state index in [0.29, 0.717) is 16.4 Å². The van der Waals surface area contributed by atoms with Gasteiger partial charge >= 0.3 is 6.18 Å². The maximum atomic E-state index is 13.1. The van der Waals surface area contributed by atoms with Gasteiger partial charge in [0.25, 0.3) is 0 Å². The van der Waals surface area contributed by atoms with Crippen LogP contribution in [-0.2, 0) is 21.8 Å². The first-order valence-electron chi connectivity index (χ1n) is 9.36. The zero-order chi connectivity index (χ0) is 23.1. The van der Waals surface area contributed by atoms with Crippen LogP contribution in [0, 0.1) is 6.57 Å². The first kappa shape index (κ1) is 22.1. The second-order valence-electron chi connectivity index (χ2n) is 7.17.